The van der Waals surface area contributed by atoms with Gasteiger partial charge in [-0.25, -0.2) is 4.68 Å². The van der Waals surface area contributed by atoms with Gasteiger partial charge < -0.3 is 10.5 Å². The summed E-state index contributed by atoms with van der Waals surface area (Å²) in [4.78, 5) is 11.9. The van der Waals surface area contributed by atoms with Crippen LogP contribution in [0, 0.1) is 0 Å². The minimum atomic E-state index is -0.0950. The zero-order chi connectivity index (χ0) is 12.1. The summed E-state index contributed by atoms with van der Waals surface area (Å²) in [5, 5.41) is 0. The van der Waals surface area contributed by atoms with E-state index in [1.807, 2.05) is 11.6 Å². The number of rotatable bonds is 6. The van der Waals surface area contributed by atoms with Crippen molar-refractivity contribution in [1.82, 2.24) is 9.36 Å². The first-order valence-electron chi connectivity index (χ1n) is 5.74. The van der Waals surface area contributed by atoms with Gasteiger partial charge in [0, 0.05) is 20.2 Å². The van der Waals surface area contributed by atoms with Crippen molar-refractivity contribution in [2.45, 2.75) is 46.4 Å². The highest BCUT2D eigenvalue weighted by Gasteiger charge is 2.16. The second-order valence-electron chi connectivity index (χ2n) is 3.84. The van der Waals surface area contributed by atoms with E-state index in [1.165, 1.54) is 0 Å². The molecule has 92 valence electrons. The summed E-state index contributed by atoms with van der Waals surface area (Å²) >= 11 is 0. The number of anilines is 1. The third kappa shape index (κ3) is 2.29. The van der Waals surface area contributed by atoms with Crippen LogP contribution in [-0.2, 0) is 24.4 Å². The average molecular weight is 227 g/mol. The van der Waals surface area contributed by atoms with Crippen molar-refractivity contribution >= 4 is 5.69 Å². The molecule has 0 saturated carbocycles. The van der Waals surface area contributed by atoms with Crippen LogP contribution in [0.5, 0.6) is 0 Å². The molecule has 1 aromatic heterocycles. The third-order valence-corrected chi connectivity index (χ3v) is 2.53. The minimum Gasteiger partial charge on any atom is -0.393 e. The van der Waals surface area contributed by atoms with E-state index in [2.05, 4.69) is 6.92 Å². The number of nitrogen functional groups attached to an aromatic ring is 1. The van der Waals surface area contributed by atoms with Crippen LogP contribution in [0.25, 0.3) is 0 Å². The summed E-state index contributed by atoms with van der Waals surface area (Å²) in [6.45, 7) is 6.01. The zero-order valence-electron chi connectivity index (χ0n) is 10.3. The maximum absolute atomic E-state index is 11.9. The molecular weight excluding hydrogens is 206 g/mol. The lowest BCUT2D eigenvalue weighted by molar-refractivity contribution is 0.174. The highest BCUT2D eigenvalue weighted by atomic mass is 16.5. The van der Waals surface area contributed by atoms with Gasteiger partial charge in [-0.2, -0.15) is 0 Å². The molecule has 0 aromatic carbocycles. The van der Waals surface area contributed by atoms with Crippen molar-refractivity contribution in [3.8, 4) is 0 Å². The van der Waals surface area contributed by atoms with Crippen molar-refractivity contribution in [2.24, 2.45) is 0 Å². The number of hydrogen-bond donors (Lipinski definition) is 1. The molecule has 0 aliphatic rings. The van der Waals surface area contributed by atoms with Crippen LogP contribution in [0.15, 0.2) is 4.79 Å². The Morgan fingerprint density at radius 3 is 2.25 bits per heavy atom. The van der Waals surface area contributed by atoms with Crippen molar-refractivity contribution in [2.75, 3.05) is 12.8 Å². The maximum Gasteiger partial charge on any atom is 0.290 e. The standard InChI is InChI=1S/C11H21N3O2/c1-4-6-13-9(8-16-3)10(12)11(15)14(13)7-5-2/h4-8,12H2,1-3H3. The van der Waals surface area contributed by atoms with E-state index in [-0.39, 0.29) is 5.56 Å². The molecular formula is C11H21N3O2. The fourth-order valence-corrected chi connectivity index (χ4v) is 1.85. The summed E-state index contributed by atoms with van der Waals surface area (Å²) in [6.07, 6.45) is 1.88. The van der Waals surface area contributed by atoms with E-state index in [4.69, 9.17) is 10.5 Å². The molecule has 0 fully saturated rings. The number of nitrogens with zero attached hydrogens (tertiary/aromatic N) is 2. The molecule has 5 nitrogen and oxygen atoms in total. The Bertz CT molecular complexity index is 393. The monoisotopic (exact) mass is 227 g/mol. The van der Waals surface area contributed by atoms with Crippen LogP contribution in [0.2, 0.25) is 0 Å². The van der Waals surface area contributed by atoms with E-state index in [9.17, 15) is 4.79 Å². The molecule has 16 heavy (non-hydrogen) atoms. The summed E-state index contributed by atoms with van der Waals surface area (Å²) in [5.74, 6) is 0. The highest BCUT2D eigenvalue weighted by Crippen LogP contribution is 2.11. The summed E-state index contributed by atoms with van der Waals surface area (Å²) in [5.41, 5.74) is 6.84. The number of hydrogen-bond acceptors (Lipinski definition) is 3. The zero-order valence-corrected chi connectivity index (χ0v) is 10.3. The van der Waals surface area contributed by atoms with E-state index < -0.39 is 0 Å². The Hall–Kier alpha value is -1.23. The van der Waals surface area contributed by atoms with Crippen molar-refractivity contribution in [3.63, 3.8) is 0 Å². The topological polar surface area (TPSA) is 62.2 Å². The first-order chi connectivity index (χ1) is 7.67. The molecule has 0 atom stereocenters. The molecule has 0 amide bonds. The third-order valence-electron chi connectivity index (χ3n) is 2.53. The van der Waals surface area contributed by atoms with Crippen LogP contribution >= 0.6 is 0 Å². The van der Waals surface area contributed by atoms with Crippen LogP contribution in [0.3, 0.4) is 0 Å². The lowest BCUT2D eigenvalue weighted by Crippen LogP contribution is -2.24. The van der Waals surface area contributed by atoms with Gasteiger partial charge in [0.2, 0.25) is 0 Å². The number of methoxy groups -OCH3 is 1. The quantitative estimate of drug-likeness (QED) is 0.794. The minimum absolute atomic E-state index is 0.0950. The van der Waals surface area contributed by atoms with Gasteiger partial charge in [-0.15, -0.1) is 0 Å². The van der Waals surface area contributed by atoms with Gasteiger partial charge in [0.15, 0.2) is 0 Å². The Balaban J connectivity index is 3.24. The lowest BCUT2D eigenvalue weighted by atomic mass is 10.3. The summed E-state index contributed by atoms with van der Waals surface area (Å²) in [7, 11) is 1.61. The first kappa shape index (κ1) is 12.8. The molecule has 0 aliphatic heterocycles. The van der Waals surface area contributed by atoms with E-state index in [1.54, 1.807) is 11.8 Å². The van der Waals surface area contributed by atoms with E-state index in [0.717, 1.165) is 25.1 Å². The molecule has 1 aromatic rings. The molecule has 1 rings (SSSR count). The lowest BCUT2D eigenvalue weighted by Gasteiger charge is -2.12. The largest absolute Gasteiger partial charge is 0.393 e. The fraction of sp³-hybridized carbons (Fsp3) is 0.727. The van der Waals surface area contributed by atoms with Gasteiger partial charge in [-0.1, -0.05) is 13.8 Å². The summed E-state index contributed by atoms with van der Waals surface area (Å²) in [6, 6.07) is 0. The fourth-order valence-electron chi connectivity index (χ4n) is 1.85. The van der Waals surface area contributed by atoms with Gasteiger partial charge in [-0.3, -0.25) is 9.48 Å². The van der Waals surface area contributed by atoms with Crippen molar-refractivity contribution < 1.29 is 4.74 Å². The molecule has 0 spiro atoms. The molecule has 0 bridgehead atoms. The second kappa shape index (κ2) is 5.75. The SMILES string of the molecule is CCCn1c(COC)c(N)c(=O)n1CCC. The maximum atomic E-state index is 11.9. The van der Waals surface area contributed by atoms with Crippen LogP contribution in [-0.4, -0.2) is 16.5 Å². The van der Waals surface area contributed by atoms with Crippen LogP contribution < -0.4 is 11.3 Å². The molecule has 0 unspecified atom stereocenters. The van der Waals surface area contributed by atoms with Gasteiger partial charge in [0.05, 0.1) is 12.3 Å². The normalized spacial score (nSPS) is 10.9. The van der Waals surface area contributed by atoms with E-state index in [0.29, 0.717) is 18.8 Å². The van der Waals surface area contributed by atoms with E-state index >= 15 is 0 Å². The Kier molecular flexibility index (Phi) is 4.61. The predicted octanol–water partition coefficient (Wildman–Crippen LogP) is 1.20. The average Bonchev–Trinajstić information content (AvgIpc) is 2.48. The summed E-state index contributed by atoms with van der Waals surface area (Å²) < 4.78 is 8.75. The predicted molar refractivity (Wildman–Crippen MR) is 64.4 cm³/mol. The number of nitrogens with two attached hydrogens (primary N) is 1. The second-order valence-corrected chi connectivity index (χ2v) is 3.84. The molecule has 0 radical (unpaired) electrons. The van der Waals surface area contributed by atoms with Gasteiger partial charge in [0.1, 0.15) is 5.69 Å². The first-order valence-corrected chi connectivity index (χ1v) is 5.74. The Labute approximate surface area is 95.8 Å². The molecule has 1 heterocycles. The smallest absolute Gasteiger partial charge is 0.290 e. The van der Waals surface area contributed by atoms with Gasteiger partial charge in [0.25, 0.3) is 5.56 Å². The van der Waals surface area contributed by atoms with Crippen molar-refractivity contribution in [3.05, 3.63) is 16.0 Å². The molecule has 0 aliphatic carbocycles. The molecule has 5 heteroatoms. The Morgan fingerprint density at radius 2 is 1.75 bits per heavy atom. The van der Waals surface area contributed by atoms with Crippen molar-refractivity contribution in [1.29, 1.82) is 0 Å². The van der Waals surface area contributed by atoms with Crippen LogP contribution in [0.1, 0.15) is 32.4 Å². The van der Waals surface area contributed by atoms with Gasteiger partial charge >= 0.3 is 0 Å². The highest BCUT2D eigenvalue weighted by molar-refractivity contribution is 5.41. The van der Waals surface area contributed by atoms with Gasteiger partial charge in [-0.05, 0) is 12.8 Å². The number of aromatic nitrogens is 2. The molecule has 0 saturated heterocycles. The van der Waals surface area contributed by atoms with Crippen LogP contribution in [0.4, 0.5) is 5.69 Å². The molecule has 2 N–H and O–H groups in total. The Morgan fingerprint density at radius 1 is 1.19 bits per heavy atom. The number of ether oxygens (including phenoxy) is 1.